The van der Waals surface area contributed by atoms with Crippen LogP contribution >= 0.6 is 39.0 Å². The molecule has 0 radical (unpaired) electrons. The molecule has 0 aromatic carbocycles. The maximum Gasteiger partial charge on any atom is 0.157 e. The molecule has 1 atom stereocenters. The second kappa shape index (κ2) is 5.97. The number of amidine groups is 1. The van der Waals surface area contributed by atoms with Crippen molar-refractivity contribution in [2.24, 2.45) is 10.4 Å². The minimum Gasteiger partial charge on any atom is -0.362 e. The first-order valence-corrected chi connectivity index (χ1v) is 8.72. The van der Waals surface area contributed by atoms with Crippen molar-refractivity contribution < 1.29 is 0 Å². The van der Waals surface area contributed by atoms with Crippen LogP contribution in [0.2, 0.25) is 0 Å². The summed E-state index contributed by atoms with van der Waals surface area (Å²) in [4.78, 5) is 5.99. The highest BCUT2D eigenvalue weighted by Crippen LogP contribution is 2.28. The number of halogens is 1. The van der Waals surface area contributed by atoms with Crippen LogP contribution in [0.1, 0.15) is 32.1 Å². The van der Waals surface area contributed by atoms with E-state index in [4.69, 9.17) is 0 Å². The van der Waals surface area contributed by atoms with Gasteiger partial charge in [0.2, 0.25) is 0 Å². The molecule has 0 saturated carbocycles. The monoisotopic (exact) mass is 346 g/mol. The lowest BCUT2D eigenvalue weighted by Crippen LogP contribution is -2.46. The van der Waals surface area contributed by atoms with E-state index in [0.29, 0.717) is 11.5 Å². The van der Waals surface area contributed by atoms with Gasteiger partial charge in [-0.3, -0.25) is 4.99 Å². The van der Waals surface area contributed by atoms with Crippen molar-refractivity contribution in [2.45, 2.75) is 39.8 Å². The molecule has 2 nitrogen and oxygen atoms in total. The van der Waals surface area contributed by atoms with Gasteiger partial charge >= 0.3 is 0 Å². The van der Waals surface area contributed by atoms with Crippen LogP contribution < -0.4 is 5.32 Å². The lowest BCUT2D eigenvalue weighted by molar-refractivity contribution is 0.290. The molecule has 1 N–H and O–H groups in total. The average molecular weight is 347 g/mol. The van der Waals surface area contributed by atoms with Crippen molar-refractivity contribution in [1.29, 1.82) is 0 Å². The molecule has 0 amide bonds. The molecule has 1 aromatic rings. The first-order valence-electron chi connectivity index (χ1n) is 6.13. The Bertz CT molecular complexity index is 434. The number of nitrogens with one attached hydrogen (secondary N) is 1. The molecule has 0 bridgehead atoms. The van der Waals surface area contributed by atoms with Crippen LogP contribution in [0.4, 0.5) is 0 Å². The van der Waals surface area contributed by atoms with Crippen molar-refractivity contribution in [3.05, 3.63) is 20.8 Å². The van der Waals surface area contributed by atoms with Gasteiger partial charge in [0, 0.05) is 16.7 Å². The number of hydrogen-bond acceptors (Lipinski definition) is 3. The third kappa shape index (κ3) is 4.00. The van der Waals surface area contributed by atoms with Gasteiger partial charge in [-0.25, -0.2) is 0 Å². The molecule has 1 saturated heterocycles. The van der Waals surface area contributed by atoms with Gasteiger partial charge in [0.15, 0.2) is 5.17 Å². The molecule has 1 aromatic heterocycles. The molecule has 1 aliphatic rings. The van der Waals surface area contributed by atoms with E-state index in [1.54, 1.807) is 11.3 Å². The molecule has 1 fully saturated rings. The summed E-state index contributed by atoms with van der Waals surface area (Å²) in [6.07, 6.45) is 1.22. The van der Waals surface area contributed by atoms with Crippen molar-refractivity contribution in [3.8, 4) is 0 Å². The fourth-order valence-corrected chi connectivity index (χ4v) is 4.20. The highest BCUT2D eigenvalue weighted by atomic mass is 79.9. The number of rotatable bonds is 2. The molecule has 1 aliphatic heterocycles. The van der Waals surface area contributed by atoms with E-state index >= 15 is 0 Å². The number of aliphatic imine (C=N–C) groups is 1. The van der Waals surface area contributed by atoms with E-state index in [1.165, 1.54) is 20.8 Å². The van der Waals surface area contributed by atoms with Gasteiger partial charge in [0.05, 0.1) is 10.3 Å². The molecular weight excluding hydrogens is 328 g/mol. The Morgan fingerprint density at radius 3 is 2.83 bits per heavy atom. The van der Waals surface area contributed by atoms with Crippen LogP contribution in [0.15, 0.2) is 20.9 Å². The largest absolute Gasteiger partial charge is 0.362 e. The summed E-state index contributed by atoms with van der Waals surface area (Å²) in [5, 5.41) is 4.68. The Morgan fingerprint density at radius 1 is 1.44 bits per heavy atom. The Kier molecular flexibility index (Phi) is 4.78. The molecule has 0 aliphatic carbocycles. The van der Waals surface area contributed by atoms with Crippen molar-refractivity contribution in [3.63, 3.8) is 0 Å². The summed E-state index contributed by atoms with van der Waals surface area (Å²) in [6, 6.07) is 4.75. The molecule has 2 rings (SSSR count). The maximum atomic E-state index is 4.69. The predicted octanol–water partition coefficient (Wildman–Crippen LogP) is 4.51. The van der Waals surface area contributed by atoms with Gasteiger partial charge < -0.3 is 5.32 Å². The van der Waals surface area contributed by atoms with Crippen LogP contribution in [-0.2, 0) is 6.54 Å². The van der Waals surface area contributed by atoms with Crippen LogP contribution in [0.3, 0.4) is 0 Å². The topological polar surface area (TPSA) is 24.4 Å². The molecule has 2 heterocycles. The average Bonchev–Trinajstić information content (AvgIpc) is 2.72. The van der Waals surface area contributed by atoms with E-state index in [0.717, 1.165) is 11.7 Å². The Morgan fingerprint density at radius 2 is 2.22 bits per heavy atom. The summed E-state index contributed by atoms with van der Waals surface area (Å²) < 4.78 is 1.18. The Labute approximate surface area is 126 Å². The first kappa shape index (κ1) is 14.4. The summed E-state index contributed by atoms with van der Waals surface area (Å²) in [5.74, 6) is 1.17. The molecular formula is C13H19BrN2S2. The molecule has 0 spiro atoms. The predicted molar refractivity (Wildman–Crippen MR) is 86.6 cm³/mol. The van der Waals surface area contributed by atoms with Crippen molar-refractivity contribution in [1.82, 2.24) is 5.32 Å². The van der Waals surface area contributed by atoms with Crippen LogP contribution in [0.25, 0.3) is 0 Å². The van der Waals surface area contributed by atoms with Gasteiger partial charge in [-0.05, 0) is 39.9 Å². The quantitative estimate of drug-likeness (QED) is 0.851. The highest BCUT2D eigenvalue weighted by Gasteiger charge is 2.28. The van der Waals surface area contributed by atoms with Crippen LogP contribution in [0.5, 0.6) is 0 Å². The second-order valence-electron chi connectivity index (χ2n) is 5.53. The fourth-order valence-electron chi connectivity index (χ4n) is 1.86. The van der Waals surface area contributed by atoms with E-state index in [9.17, 15) is 0 Å². The minimum atomic E-state index is 0.299. The summed E-state index contributed by atoms with van der Waals surface area (Å²) in [7, 11) is 0. The summed E-state index contributed by atoms with van der Waals surface area (Å²) >= 11 is 7.08. The normalized spacial score (nSPS) is 23.1. The molecule has 5 heteroatoms. The molecule has 100 valence electrons. The zero-order valence-corrected chi connectivity index (χ0v) is 14.2. The zero-order chi connectivity index (χ0) is 13.2. The van der Waals surface area contributed by atoms with E-state index in [-0.39, 0.29) is 0 Å². The lowest BCUT2D eigenvalue weighted by Gasteiger charge is -2.35. The van der Waals surface area contributed by atoms with Crippen molar-refractivity contribution in [2.75, 3.05) is 5.75 Å². The number of thiophene rings is 1. The minimum absolute atomic E-state index is 0.299. The van der Waals surface area contributed by atoms with Gasteiger partial charge in [-0.1, -0.05) is 32.5 Å². The van der Waals surface area contributed by atoms with E-state index in [1.807, 2.05) is 11.8 Å². The Balaban J connectivity index is 1.96. The first-order chi connectivity index (χ1) is 8.45. The van der Waals surface area contributed by atoms with E-state index in [2.05, 4.69) is 59.1 Å². The van der Waals surface area contributed by atoms with Crippen molar-refractivity contribution >= 4 is 44.2 Å². The molecule has 1 unspecified atom stereocenters. The summed E-state index contributed by atoms with van der Waals surface area (Å²) in [5.41, 5.74) is 0.299. The molecule has 18 heavy (non-hydrogen) atoms. The lowest BCUT2D eigenvalue weighted by atomic mass is 9.85. The zero-order valence-electron chi connectivity index (χ0n) is 11.0. The highest BCUT2D eigenvalue weighted by molar-refractivity contribution is 9.11. The summed E-state index contributed by atoms with van der Waals surface area (Å²) in [6.45, 7) is 7.64. The Hall–Kier alpha value is -0.0000000000000000278. The fraction of sp³-hybridized carbons (Fsp3) is 0.615. The van der Waals surface area contributed by atoms with Gasteiger partial charge in [0.1, 0.15) is 0 Å². The van der Waals surface area contributed by atoms with E-state index < -0.39 is 0 Å². The SMILES string of the molecule is CC(C)(C)C1CCSC(=NCc2ccc(Br)s2)N1. The van der Waals surface area contributed by atoms with Gasteiger partial charge in [-0.2, -0.15) is 0 Å². The second-order valence-corrected chi connectivity index (χ2v) is 9.16. The maximum absolute atomic E-state index is 4.69. The van der Waals surface area contributed by atoms with Gasteiger partial charge in [0.25, 0.3) is 0 Å². The third-order valence-corrected chi connectivity index (χ3v) is 5.56. The number of hydrogen-bond donors (Lipinski definition) is 1. The standard InChI is InChI=1S/C13H19BrN2S2/c1-13(2,3)10-6-7-17-12(16-10)15-8-9-4-5-11(14)18-9/h4-5,10H,6-8H2,1-3H3,(H,15,16). The number of thioether (sulfide) groups is 1. The third-order valence-electron chi connectivity index (χ3n) is 3.00. The smallest absolute Gasteiger partial charge is 0.157 e. The number of nitrogens with zero attached hydrogens (tertiary/aromatic N) is 1. The van der Waals surface area contributed by atoms with Crippen LogP contribution in [0, 0.1) is 5.41 Å². The van der Waals surface area contributed by atoms with Gasteiger partial charge in [-0.15, -0.1) is 11.3 Å². The van der Waals surface area contributed by atoms with Crippen LogP contribution in [-0.4, -0.2) is 17.0 Å².